The lowest BCUT2D eigenvalue weighted by molar-refractivity contribution is -0.303. The van der Waals surface area contributed by atoms with E-state index in [1.807, 2.05) is 0 Å². The Labute approximate surface area is 220 Å². The molecule has 3 aliphatic carbocycles. The van der Waals surface area contributed by atoms with Crippen LogP contribution in [-0.2, 0) is 18.7 Å². The molecule has 4 rings (SSSR count). The number of Topliss-reactive ketones (excluding diaryl/α,β-unsaturated/α-hetero) is 1. The van der Waals surface area contributed by atoms with Gasteiger partial charge in [0.05, 0.1) is 35.9 Å². The number of ketones is 1. The quantitative estimate of drug-likeness (QED) is 0.336. The van der Waals surface area contributed by atoms with Gasteiger partial charge in [0.15, 0.2) is 8.32 Å². The van der Waals surface area contributed by atoms with Crippen molar-refractivity contribution in [3.8, 4) is 0 Å². The number of methoxy groups -OCH3 is 1. The minimum atomic E-state index is -1.93. The maximum absolute atomic E-state index is 14.7. The normalized spacial score (nSPS) is 46.4. The zero-order valence-electron chi connectivity index (χ0n) is 24.8. The van der Waals surface area contributed by atoms with Crippen LogP contribution in [0.1, 0.15) is 82.1 Å². The third-order valence-corrected chi connectivity index (χ3v) is 16.8. The molecule has 0 amide bonds. The van der Waals surface area contributed by atoms with Gasteiger partial charge in [-0.05, 0) is 49.4 Å². The summed E-state index contributed by atoms with van der Waals surface area (Å²) in [5, 5.41) is 13.0. The van der Waals surface area contributed by atoms with Gasteiger partial charge in [-0.1, -0.05) is 61.0 Å². The van der Waals surface area contributed by atoms with Crippen molar-refractivity contribution in [1.29, 1.82) is 0 Å². The molecule has 36 heavy (non-hydrogen) atoms. The maximum atomic E-state index is 14.7. The predicted molar refractivity (Wildman–Crippen MR) is 146 cm³/mol. The molecule has 206 valence electrons. The average Bonchev–Trinajstić information content (AvgIpc) is 2.83. The van der Waals surface area contributed by atoms with Crippen molar-refractivity contribution in [2.75, 3.05) is 13.7 Å². The highest BCUT2D eigenvalue weighted by molar-refractivity contribution is 6.73. The van der Waals surface area contributed by atoms with Crippen LogP contribution in [0.15, 0.2) is 11.1 Å². The molecule has 0 radical (unpaired) electrons. The molecule has 0 aromatic heterocycles. The van der Waals surface area contributed by atoms with Gasteiger partial charge in [0.25, 0.3) is 0 Å². The summed E-state index contributed by atoms with van der Waals surface area (Å²) >= 11 is 0. The zero-order valence-corrected chi connectivity index (χ0v) is 25.8. The van der Waals surface area contributed by atoms with Crippen molar-refractivity contribution < 1.29 is 23.8 Å². The number of rotatable bonds is 6. The fourth-order valence-corrected chi connectivity index (χ4v) is 12.6. The summed E-state index contributed by atoms with van der Waals surface area (Å²) in [6.45, 7) is 22.6. The second kappa shape index (κ2) is 9.01. The highest BCUT2D eigenvalue weighted by Gasteiger charge is 2.72. The molecular formula is C30H52O5Si. The summed E-state index contributed by atoms with van der Waals surface area (Å²) in [5.41, 5.74) is -0.145. The van der Waals surface area contributed by atoms with Gasteiger partial charge < -0.3 is 19.0 Å². The molecule has 1 saturated heterocycles. The topological polar surface area (TPSA) is 65.0 Å². The first-order valence-corrected chi connectivity index (χ1v) is 17.0. The molecule has 9 atom stereocenters. The van der Waals surface area contributed by atoms with Gasteiger partial charge in [-0.3, -0.25) is 4.79 Å². The first-order chi connectivity index (χ1) is 16.6. The second-order valence-electron chi connectivity index (χ2n) is 13.6. The first kappa shape index (κ1) is 28.5. The monoisotopic (exact) mass is 520 g/mol. The number of ether oxygens (including phenoxy) is 2. The smallest absolute Gasteiger partial charge is 0.192 e. The minimum Gasteiger partial charge on any atom is -0.410 e. The van der Waals surface area contributed by atoms with Crippen molar-refractivity contribution in [2.24, 2.45) is 34.0 Å². The van der Waals surface area contributed by atoms with Crippen LogP contribution < -0.4 is 0 Å². The van der Waals surface area contributed by atoms with Gasteiger partial charge in [-0.2, -0.15) is 0 Å². The van der Waals surface area contributed by atoms with Crippen LogP contribution >= 0.6 is 0 Å². The lowest BCUT2D eigenvalue weighted by Crippen LogP contribution is -2.74. The Bertz CT molecular complexity index is 916. The molecule has 3 fully saturated rings. The van der Waals surface area contributed by atoms with Crippen LogP contribution in [0.3, 0.4) is 0 Å². The summed E-state index contributed by atoms with van der Waals surface area (Å²) in [6, 6.07) is 3.20. The van der Waals surface area contributed by atoms with E-state index in [0.717, 1.165) is 30.1 Å². The SMILES string of the molecule is CC[Si](CC)(CC)O[C@H]1C[C@@]2(O)C(C)C3[C@]4(C)CO[C@@H]4C[C@H](OC)[C@@]3(C)C(=O)[C@H](C)C(=C1C)C2(C)C. The van der Waals surface area contributed by atoms with E-state index in [1.54, 1.807) is 7.11 Å². The number of carbonyl (C=O) groups is 1. The molecule has 0 spiro atoms. The van der Waals surface area contributed by atoms with E-state index in [4.69, 9.17) is 13.9 Å². The highest BCUT2D eigenvalue weighted by atomic mass is 28.4. The second-order valence-corrected chi connectivity index (χ2v) is 18.3. The molecule has 1 N–H and O–H groups in total. The lowest BCUT2D eigenvalue weighted by atomic mass is 9.40. The molecule has 0 aromatic rings. The van der Waals surface area contributed by atoms with E-state index >= 15 is 0 Å². The van der Waals surface area contributed by atoms with Gasteiger partial charge >= 0.3 is 0 Å². The standard InChI is InChI=1S/C30H52O5Si/c1-12-36(13-2,14-3)35-21-16-30(32)20(6)25-28(9)17-34-22(28)15-23(33-11)29(25,10)26(31)19(5)24(18(21)4)27(30,7)8/h19-23,25,32H,12-17H2,1-11H3/t19-,20?,21+,22-,23+,25?,28-,29-,30-/m1/s1. The Morgan fingerprint density at radius 2 is 1.67 bits per heavy atom. The van der Waals surface area contributed by atoms with Crippen LogP contribution in [0.2, 0.25) is 18.1 Å². The molecule has 0 aromatic carbocycles. The number of hydrogen-bond donors (Lipinski definition) is 1. The molecule has 6 heteroatoms. The third kappa shape index (κ3) is 3.43. The highest BCUT2D eigenvalue weighted by Crippen LogP contribution is 2.68. The number of hydrogen-bond acceptors (Lipinski definition) is 5. The molecular weight excluding hydrogens is 468 g/mol. The summed E-state index contributed by atoms with van der Waals surface area (Å²) in [6.07, 6.45) is 1.00. The van der Waals surface area contributed by atoms with Crippen LogP contribution in [0.25, 0.3) is 0 Å². The fraction of sp³-hybridized carbons (Fsp3) is 0.900. The van der Waals surface area contributed by atoms with E-state index in [-0.39, 0.29) is 47.3 Å². The number of aliphatic hydroxyl groups is 1. The van der Waals surface area contributed by atoms with Crippen LogP contribution in [-0.4, -0.2) is 56.8 Å². The first-order valence-electron chi connectivity index (χ1n) is 14.4. The van der Waals surface area contributed by atoms with Crippen molar-refractivity contribution >= 4 is 14.1 Å². The van der Waals surface area contributed by atoms with Gasteiger partial charge in [-0.15, -0.1) is 0 Å². The van der Waals surface area contributed by atoms with E-state index in [1.165, 1.54) is 5.57 Å². The molecule has 4 aliphatic rings. The fourth-order valence-electron chi connectivity index (χ4n) is 9.69. The summed E-state index contributed by atoms with van der Waals surface area (Å²) in [4.78, 5) is 14.7. The Morgan fingerprint density at radius 3 is 2.14 bits per heavy atom. The molecule has 1 aliphatic heterocycles. The lowest BCUT2D eigenvalue weighted by Gasteiger charge is -2.69. The Morgan fingerprint density at radius 1 is 1.08 bits per heavy atom. The van der Waals surface area contributed by atoms with Crippen molar-refractivity contribution in [1.82, 2.24) is 0 Å². The molecule has 2 bridgehead atoms. The van der Waals surface area contributed by atoms with Gasteiger partial charge in [-0.25, -0.2) is 0 Å². The number of carbonyl (C=O) groups excluding carboxylic acids is 1. The molecule has 1 heterocycles. The Balaban J connectivity index is 1.95. The minimum absolute atomic E-state index is 0.0483. The number of fused-ring (bicyclic) bond motifs is 5. The van der Waals surface area contributed by atoms with E-state index < -0.39 is 24.7 Å². The van der Waals surface area contributed by atoms with Crippen molar-refractivity contribution in [2.45, 2.75) is 124 Å². The van der Waals surface area contributed by atoms with Crippen LogP contribution in [0.5, 0.6) is 0 Å². The van der Waals surface area contributed by atoms with E-state index in [2.05, 4.69) is 69.2 Å². The average molecular weight is 521 g/mol. The van der Waals surface area contributed by atoms with Gasteiger partial charge in [0, 0.05) is 36.7 Å². The van der Waals surface area contributed by atoms with Crippen molar-refractivity contribution in [3.63, 3.8) is 0 Å². The van der Waals surface area contributed by atoms with Gasteiger partial charge in [0.1, 0.15) is 5.78 Å². The molecule has 2 unspecified atom stereocenters. The van der Waals surface area contributed by atoms with E-state index in [9.17, 15) is 9.90 Å². The van der Waals surface area contributed by atoms with Gasteiger partial charge in [0.2, 0.25) is 0 Å². The summed E-state index contributed by atoms with van der Waals surface area (Å²) in [5.74, 6) is -0.225. The summed E-state index contributed by atoms with van der Waals surface area (Å²) in [7, 11) is -0.198. The largest absolute Gasteiger partial charge is 0.410 e. The predicted octanol–water partition coefficient (Wildman–Crippen LogP) is 6.16. The molecule has 5 nitrogen and oxygen atoms in total. The third-order valence-electron chi connectivity index (χ3n) is 12.2. The zero-order chi connectivity index (χ0) is 27.1. The summed E-state index contributed by atoms with van der Waals surface area (Å²) < 4.78 is 19.3. The Hall–Kier alpha value is -0.533. The van der Waals surface area contributed by atoms with Crippen LogP contribution in [0, 0.1) is 34.0 Å². The van der Waals surface area contributed by atoms with E-state index in [0.29, 0.717) is 13.0 Å². The molecule has 2 saturated carbocycles. The Kier molecular flexibility index (Phi) is 7.12. The van der Waals surface area contributed by atoms with Crippen LogP contribution in [0.4, 0.5) is 0 Å². The van der Waals surface area contributed by atoms with Crippen molar-refractivity contribution in [3.05, 3.63) is 11.1 Å². The maximum Gasteiger partial charge on any atom is 0.192 e.